The van der Waals surface area contributed by atoms with E-state index in [0.29, 0.717) is 11.1 Å². The molecule has 0 saturated heterocycles. The zero-order valence-electron chi connectivity index (χ0n) is 18.4. The van der Waals surface area contributed by atoms with Crippen molar-refractivity contribution in [3.63, 3.8) is 0 Å². The highest BCUT2D eigenvalue weighted by Gasteiger charge is 2.48. The number of hydrogen-bond donors (Lipinski definition) is 0. The monoisotopic (exact) mass is 489 g/mol. The second-order valence-electron chi connectivity index (χ2n) is 7.92. The Morgan fingerprint density at radius 2 is 1.74 bits per heavy atom. The van der Waals surface area contributed by atoms with Crippen LogP contribution in [0.5, 0.6) is 0 Å². The molecule has 3 rings (SSSR count). The summed E-state index contributed by atoms with van der Waals surface area (Å²) in [6.07, 6.45) is -4.67. The van der Waals surface area contributed by atoms with E-state index in [1.54, 1.807) is 0 Å². The SMILES string of the molecule is CC1=C(C(=O)Cl)C(c2ccc(C#N)cc2)C(C(=O)N(C)C)C(=O)N1c1cccc(C(F)(F)F)c1. The molecular weight excluding hydrogens is 471 g/mol. The number of allylic oxidation sites excluding steroid dienone is 2. The third-order valence-corrected chi connectivity index (χ3v) is 5.81. The smallest absolute Gasteiger partial charge is 0.348 e. The molecule has 10 heteroatoms. The number of anilines is 1. The Hall–Kier alpha value is -3.64. The van der Waals surface area contributed by atoms with Crippen LogP contribution in [0.4, 0.5) is 18.9 Å². The van der Waals surface area contributed by atoms with Crippen molar-refractivity contribution in [2.45, 2.75) is 19.0 Å². The first kappa shape index (κ1) is 25.0. The van der Waals surface area contributed by atoms with Crippen LogP contribution in [0.2, 0.25) is 0 Å². The Morgan fingerprint density at radius 1 is 1.12 bits per heavy atom. The van der Waals surface area contributed by atoms with Crippen LogP contribution < -0.4 is 4.90 Å². The number of alkyl halides is 3. The fourth-order valence-electron chi connectivity index (χ4n) is 4.02. The van der Waals surface area contributed by atoms with Gasteiger partial charge in [0.15, 0.2) is 0 Å². The summed E-state index contributed by atoms with van der Waals surface area (Å²) in [5, 5.41) is 8.13. The summed E-state index contributed by atoms with van der Waals surface area (Å²) in [7, 11) is 2.85. The van der Waals surface area contributed by atoms with Crippen molar-refractivity contribution in [3.8, 4) is 6.07 Å². The minimum absolute atomic E-state index is 0.0153. The molecule has 1 heterocycles. The number of nitriles is 1. The van der Waals surface area contributed by atoms with Crippen LogP contribution in [-0.2, 0) is 20.6 Å². The van der Waals surface area contributed by atoms with Crippen LogP contribution in [0, 0.1) is 17.2 Å². The van der Waals surface area contributed by atoms with Gasteiger partial charge in [-0.3, -0.25) is 19.3 Å². The molecule has 34 heavy (non-hydrogen) atoms. The molecule has 2 unspecified atom stereocenters. The molecule has 0 radical (unpaired) electrons. The summed E-state index contributed by atoms with van der Waals surface area (Å²) in [5.41, 5.74) is -0.507. The standard InChI is InChI=1S/C24H19ClF3N3O3/c1-13-18(21(25)32)19(15-9-7-14(12-29)8-10-15)20(22(33)30(2)3)23(34)31(13)17-6-4-5-16(11-17)24(26,27)28/h4-11,19-20H,1-3H3. The first-order valence-corrected chi connectivity index (χ1v) is 10.4. The molecule has 1 aliphatic rings. The van der Waals surface area contributed by atoms with Crippen molar-refractivity contribution in [1.82, 2.24) is 4.90 Å². The van der Waals surface area contributed by atoms with Crippen molar-refractivity contribution < 1.29 is 27.6 Å². The van der Waals surface area contributed by atoms with Gasteiger partial charge in [0.1, 0.15) is 5.92 Å². The second-order valence-corrected chi connectivity index (χ2v) is 8.26. The van der Waals surface area contributed by atoms with E-state index in [9.17, 15) is 27.6 Å². The number of carbonyl (C=O) groups excluding carboxylic acids is 3. The summed E-state index contributed by atoms with van der Waals surface area (Å²) >= 11 is 5.92. The Bertz CT molecular complexity index is 1230. The maximum Gasteiger partial charge on any atom is 0.416 e. The summed E-state index contributed by atoms with van der Waals surface area (Å²) < 4.78 is 39.9. The van der Waals surface area contributed by atoms with Gasteiger partial charge >= 0.3 is 6.18 Å². The Kier molecular flexibility index (Phi) is 6.84. The summed E-state index contributed by atoms with van der Waals surface area (Å²) in [6, 6.07) is 12.0. The largest absolute Gasteiger partial charge is 0.416 e. The Balaban J connectivity index is 2.30. The molecule has 1 aliphatic heterocycles. The van der Waals surface area contributed by atoms with E-state index in [4.69, 9.17) is 16.9 Å². The predicted molar refractivity (Wildman–Crippen MR) is 119 cm³/mol. The zero-order valence-corrected chi connectivity index (χ0v) is 19.1. The fourth-order valence-corrected chi connectivity index (χ4v) is 4.27. The van der Waals surface area contributed by atoms with Gasteiger partial charge < -0.3 is 4.90 Å². The average molecular weight is 490 g/mol. The van der Waals surface area contributed by atoms with Crippen molar-refractivity contribution in [1.29, 1.82) is 5.26 Å². The highest BCUT2D eigenvalue weighted by molar-refractivity contribution is 6.68. The lowest BCUT2D eigenvalue weighted by atomic mass is 9.75. The van der Waals surface area contributed by atoms with E-state index in [-0.39, 0.29) is 17.0 Å². The van der Waals surface area contributed by atoms with Crippen LogP contribution in [0.3, 0.4) is 0 Å². The predicted octanol–water partition coefficient (Wildman–Crippen LogP) is 4.45. The number of benzene rings is 2. The summed E-state index contributed by atoms with van der Waals surface area (Å²) in [5.74, 6) is -4.02. The van der Waals surface area contributed by atoms with Crippen LogP contribution in [-0.4, -0.2) is 36.1 Å². The molecule has 176 valence electrons. The zero-order chi connectivity index (χ0) is 25.4. The quantitative estimate of drug-likeness (QED) is 0.469. The first-order chi connectivity index (χ1) is 15.9. The maximum absolute atomic E-state index is 13.7. The molecule has 0 N–H and O–H groups in total. The van der Waals surface area contributed by atoms with Crippen molar-refractivity contribution >= 4 is 34.3 Å². The molecule has 0 saturated carbocycles. The molecule has 2 atom stereocenters. The number of halogens is 4. The lowest BCUT2D eigenvalue weighted by Crippen LogP contribution is -2.50. The summed E-state index contributed by atoms with van der Waals surface area (Å²) in [4.78, 5) is 41.5. The van der Waals surface area contributed by atoms with Gasteiger partial charge in [0.05, 0.1) is 17.2 Å². The van der Waals surface area contributed by atoms with Gasteiger partial charge in [0.2, 0.25) is 11.8 Å². The van der Waals surface area contributed by atoms with E-state index < -0.39 is 40.6 Å². The molecule has 0 bridgehead atoms. The topological polar surface area (TPSA) is 81.5 Å². The van der Waals surface area contributed by atoms with E-state index in [1.165, 1.54) is 56.3 Å². The van der Waals surface area contributed by atoms with E-state index >= 15 is 0 Å². The van der Waals surface area contributed by atoms with Crippen LogP contribution in [0.1, 0.15) is 29.5 Å². The van der Waals surface area contributed by atoms with Gasteiger partial charge in [-0.1, -0.05) is 18.2 Å². The molecule has 0 aromatic heterocycles. The van der Waals surface area contributed by atoms with Crippen LogP contribution in [0.15, 0.2) is 59.8 Å². The molecule has 0 spiro atoms. The van der Waals surface area contributed by atoms with Crippen molar-refractivity contribution in [2.24, 2.45) is 5.92 Å². The van der Waals surface area contributed by atoms with E-state index in [0.717, 1.165) is 23.1 Å². The van der Waals surface area contributed by atoms with Crippen molar-refractivity contribution in [3.05, 3.63) is 76.5 Å². The number of amides is 2. The molecule has 6 nitrogen and oxygen atoms in total. The molecule has 0 fully saturated rings. The highest BCUT2D eigenvalue weighted by Crippen LogP contribution is 2.44. The molecule has 2 amide bonds. The third kappa shape index (κ3) is 4.54. The average Bonchev–Trinajstić information content (AvgIpc) is 2.77. The molecule has 2 aromatic carbocycles. The van der Waals surface area contributed by atoms with Gasteiger partial charge in [-0.15, -0.1) is 0 Å². The van der Waals surface area contributed by atoms with Crippen LogP contribution in [0.25, 0.3) is 0 Å². The number of rotatable bonds is 4. The molecular formula is C24H19ClF3N3O3. The summed E-state index contributed by atoms with van der Waals surface area (Å²) in [6.45, 7) is 1.39. The number of carbonyl (C=O) groups is 3. The van der Waals surface area contributed by atoms with Gasteiger partial charge in [-0.05, 0) is 54.4 Å². The Morgan fingerprint density at radius 3 is 2.24 bits per heavy atom. The normalized spacial score (nSPS) is 18.5. The lowest BCUT2D eigenvalue weighted by molar-refractivity contribution is -0.141. The molecule has 2 aromatic rings. The highest BCUT2D eigenvalue weighted by atomic mass is 35.5. The second kappa shape index (κ2) is 9.31. The van der Waals surface area contributed by atoms with Crippen LogP contribution >= 0.6 is 11.6 Å². The Labute approximate surface area is 198 Å². The number of nitrogens with zero attached hydrogens (tertiary/aromatic N) is 3. The van der Waals surface area contributed by atoms with E-state index in [2.05, 4.69) is 0 Å². The van der Waals surface area contributed by atoms with Gasteiger partial charge in [0.25, 0.3) is 5.24 Å². The maximum atomic E-state index is 13.7. The molecule has 0 aliphatic carbocycles. The number of hydrogen-bond acceptors (Lipinski definition) is 4. The minimum atomic E-state index is -4.67. The minimum Gasteiger partial charge on any atom is -0.348 e. The van der Waals surface area contributed by atoms with Gasteiger partial charge in [-0.25, -0.2) is 0 Å². The fraction of sp³-hybridized carbons (Fsp3) is 0.250. The van der Waals surface area contributed by atoms with Gasteiger partial charge in [0, 0.05) is 37.0 Å². The first-order valence-electron chi connectivity index (χ1n) is 10.0. The van der Waals surface area contributed by atoms with Crippen molar-refractivity contribution in [2.75, 3.05) is 19.0 Å². The van der Waals surface area contributed by atoms with Gasteiger partial charge in [-0.2, -0.15) is 18.4 Å². The van der Waals surface area contributed by atoms with E-state index in [1.807, 2.05) is 6.07 Å². The third-order valence-electron chi connectivity index (χ3n) is 5.61. The lowest BCUT2D eigenvalue weighted by Gasteiger charge is -2.39.